The molecule has 0 aromatic heterocycles. The Kier molecular flexibility index (Phi) is 4.89. The summed E-state index contributed by atoms with van der Waals surface area (Å²) in [6, 6.07) is 8.83. The zero-order chi connectivity index (χ0) is 19.6. The Balaban J connectivity index is 2.23. The van der Waals surface area contributed by atoms with E-state index < -0.39 is 11.9 Å². The molecule has 3 rings (SSSR count). The van der Waals surface area contributed by atoms with E-state index in [4.69, 9.17) is 18.9 Å². The van der Waals surface area contributed by atoms with Gasteiger partial charge in [0.2, 0.25) is 6.79 Å². The van der Waals surface area contributed by atoms with Gasteiger partial charge in [-0.25, -0.2) is 9.59 Å². The van der Waals surface area contributed by atoms with Crippen molar-refractivity contribution in [2.24, 2.45) is 0 Å². The highest BCUT2D eigenvalue weighted by molar-refractivity contribution is 6.36. The van der Waals surface area contributed by atoms with Gasteiger partial charge < -0.3 is 29.2 Å². The lowest BCUT2D eigenvalue weighted by Gasteiger charge is -2.13. The minimum Gasteiger partial charge on any atom is -0.493 e. The largest absolute Gasteiger partial charge is 0.493 e. The molecule has 0 amide bonds. The number of benzene rings is 2. The molecule has 140 valence electrons. The average Bonchev–Trinajstić information content (AvgIpc) is 3.12. The zero-order valence-electron chi connectivity index (χ0n) is 14.5. The standard InChI is InChI=1S/C19H16O8/c1-24-12-5-3-10(7-14(12)25-2)16(18(20)21)17(19(22)23)11-4-6-13-15(8-11)27-9-26-13/h3-8H,9H2,1-2H3,(H,20,21)(H,22,23)/b17-16-. The number of carboxylic acid groups (broad SMARTS) is 2. The fourth-order valence-corrected chi connectivity index (χ4v) is 2.79. The number of rotatable bonds is 6. The minimum absolute atomic E-state index is 0.0202. The van der Waals surface area contributed by atoms with Crippen molar-refractivity contribution >= 4 is 23.1 Å². The van der Waals surface area contributed by atoms with Crippen molar-refractivity contribution < 1.29 is 38.7 Å². The predicted molar refractivity (Wildman–Crippen MR) is 94.2 cm³/mol. The molecule has 0 atom stereocenters. The quantitative estimate of drug-likeness (QED) is 0.588. The van der Waals surface area contributed by atoms with Crippen LogP contribution in [0.15, 0.2) is 36.4 Å². The van der Waals surface area contributed by atoms with E-state index in [-0.39, 0.29) is 34.8 Å². The highest BCUT2D eigenvalue weighted by Gasteiger charge is 2.26. The van der Waals surface area contributed by atoms with Crippen LogP contribution >= 0.6 is 0 Å². The number of carbonyl (C=O) groups is 2. The van der Waals surface area contributed by atoms with Crippen molar-refractivity contribution in [1.82, 2.24) is 0 Å². The van der Waals surface area contributed by atoms with Crippen molar-refractivity contribution in [2.45, 2.75) is 0 Å². The molecule has 0 spiro atoms. The van der Waals surface area contributed by atoms with E-state index >= 15 is 0 Å². The van der Waals surface area contributed by atoms with E-state index in [1.54, 1.807) is 0 Å². The molecule has 0 unspecified atom stereocenters. The molecule has 0 radical (unpaired) electrons. The maximum atomic E-state index is 12.0. The van der Waals surface area contributed by atoms with Gasteiger partial charge in [0, 0.05) is 0 Å². The van der Waals surface area contributed by atoms with Crippen molar-refractivity contribution in [3.63, 3.8) is 0 Å². The van der Waals surface area contributed by atoms with Gasteiger partial charge in [-0.3, -0.25) is 0 Å². The Hall–Kier alpha value is -3.68. The lowest BCUT2D eigenvalue weighted by Crippen LogP contribution is -2.10. The monoisotopic (exact) mass is 372 g/mol. The summed E-state index contributed by atoms with van der Waals surface area (Å²) in [6.45, 7) is 0.0202. The average molecular weight is 372 g/mol. The maximum Gasteiger partial charge on any atom is 0.337 e. The van der Waals surface area contributed by atoms with Gasteiger partial charge in [0.05, 0.1) is 25.4 Å². The fourth-order valence-electron chi connectivity index (χ4n) is 2.79. The third-order valence-electron chi connectivity index (χ3n) is 4.01. The van der Waals surface area contributed by atoms with Crippen LogP contribution in [0.5, 0.6) is 23.0 Å². The molecule has 0 fully saturated rings. The molecule has 0 aliphatic carbocycles. The number of ether oxygens (including phenoxy) is 4. The van der Waals surface area contributed by atoms with E-state index in [1.807, 2.05) is 0 Å². The van der Waals surface area contributed by atoms with Crippen molar-refractivity contribution in [3.05, 3.63) is 47.5 Å². The lowest BCUT2D eigenvalue weighted by molar-refractivity contribution is -0.132. The first-order valence-electron chi connectivity index (χ1n) is 7.79. The normalized spacial score (nSPS) is 13.0. The topological polar surface area (TPSA) is 112 Å². The number of hydrogen-bond donors (Lipinski definition) is 2. The summed E-state index contributed by atoms with van der Waals surface area (Å²) in [5.74, 6) is -1.29. The van der Waals surface area contributed by atoms with Gasteiger partial charge in [-0.15, -0.1) is 0 Å². The highest BCUT2D eigenvalue weighted by Crippen LogP contribution is 2.38. The zero-order valence-corrected chi connectivity index (χ0v) is 14.5. The highest BCUT2D eigenvalue weighted by atomic mass is 16.7. The van der Waals surface area contributed by atoms with Crippen LogP contribution in [0.4, 0.5) is 0 Å². The van der Waals surface area contributed by atoms with Crippen LogP contribution in [0.2, 0.25) is 0 Å². The summed E-state index contributed by atoms with van der Waals surface area (Å²) in [7, 11) is 2.85. The maximum absolute atomic E-state index is 12.0. The first-order chi connectivity index (χ1) is 13.0. The number of methoxy groups -OCH3 is 2. The van der Waals surface area contributed by atoms with E-state index in [0.717, 1.165) is 0 Å². The molecule has 0 saturated carbocycles. The third-order valence-corrected chi connectivity index (χ3v) is 4.01. The number of hydrogen-bond acceptors (Lipinski definition) is 6. The summed E-state index contributed by atoms with van der Waals surface area (Å²) >= 11 is 0. The Morgan fingerprint density at radius 3 is 1.96 bits per heavy atom. The lowest BCUT2D eigenvalue weighted by atomic mass is 9.94. The van der Waals surface area contributed by atoms with Crippen molar-refractivity contribution in [1.29, 1.82) is 0 Å². The second kappa shape index (κ2) is 7.28. The van der Waals surface area contributed by atoms with Gasteiger partial charge in [0.15, 0.2) is 23.0 Å². The second-order valence-corrected chi connectivity index (χ2v) is 5.50. The summed E-state index contributed by atoms with van der Waals surface area (Å²) in [5, 5.41) is 19.5. The van der Waals surface area contributed by atoms with Crippen LogP contribution in [0.3, 0.4) is 0 Å². The van der Waals surface area contributed by atoms with E-state index in [2.05, 4.69) is 0 Å². The molecule has 2 aromatic rings. The van der Waals surface area contributed by atoms with Crippen LogP contribution in [0, 0.1) is 0 Å². The summed E-state index contributed by atoms with van der Waals surface area (Å²) in [5.41, 5.74) is -0.426. The number of carboxylic acids is 2. The Labute approximate surface area is 154 Å². The molecule has 8 heteroatoms. The summed E-state index contributed by atoms with van der Waals surface area (Å²) < 4.78 is 20.8. The van der Waals surface area contributed by atoms with Gasteiger partial charge in [0.25, 0.3) is 0 Å². The molecule has 0 saturated heterocycles. The second-order valence-electron chi connectivity index (χ2n) is 5.50. The Morgan fingerprint density at radius 2 is 1.37 bits per heavy atom. The van der Waals surface area contributed by atoms with Crippen LogP contribution in [-0.4, -0.2) is 43.2 Å². The molecule has 1 heterocycles. The van der Waals surface area contributed by atoms with Crippen LogP contribution in [0.25, 0.3) is 11.1 Å². The molecule has 1 aliphatic rings. The summed E-state index contributed by atoms with van der Waals surface area (Å²) in [4.78, 5) is 23.9. The van der Waals surface area contributed by atoms with Gasteiger partial charge in [0.1, 0.15) is 0 Å². The number of fused-ring (bicyclic) bond motifs is 1. The SMILES string of the molecule is COc1ccc(/C(C(=O)O)=C(/C(=O)O)c2ccc3c(c2)OCO3)cc1OC. The van der Waals surface area contributed by atoms with Crippen molar-refractivity contribution in [3.8, 4) is 23.0 Å². The summed E-state index contributed by atoms with van der Waals surface area (Å²) in [6.07, 6.45) is 0. The van der Waals surface area contributed by atoms with Crippen LogP contribution < -0.4 is 18.9 Å². The van der Waals surface area contributed by atoms with Gasteiger partial charge in [-0.1, -0.05) is 12.1 Å². The minimum atomic E-state index is -1.39. The number of aliphatic carboxylic acids is 2. The smallest absolute Gasteiger partial charge is 0.337 e. The van der Waals surface area contributed by atoms with E-state index in [0.29, 0.717) is 17.2 Å². The molecule has 27 heavy (non-hydrogen) atoms. The van der Waals surface area contributed by atoms with Gasteiger partial charge in [-0.2, -0.15) is 0 Å². The molecular formula is C19H16O8. The molecule has 2 aromatic carbocycles. The van der Waals surface area contributed by atoms with Crippen LogP contribution in [0.1, 0.15) is 11.1 Å². The molecule has 0 bridgehead atoms. The molecule has 8 nitrogen and oxygen atoms in total. The first kappa shape index (κ1) is 18.1. The van der Waals surface area contributed by atoms with E-state index in [9.17, 15) is 19.8 Å². The molecule has 2 N–H and O–H groups in total. The molecule has 1 aliphatic heterocycles. The molecular weight excluding hydrogens is 356 g/mol. The van der Waals surface area contributed by atoms with Crippen LogP contribution in [-0.2, 0) is 9.59 Å². The predicted octanol–water partition coefficient (Wildman–Crippen LogP) is 2.51. The Morgan fingerprint density at radius 1 is 0.815 bits per heavy atom. The first-order valence-corrected chi connectivity index (χ1v) is 7.79. The fraction of sp³-hybridized carbons (Fsp3) is 0.158. The van der Waals surface area contributed by atoms with Gasteiger partial charge >= 0.3 is 11.9 Å². The van der Waals surface area contributed by atoms with Gasteiger partial charge in [-0.05, 0) is 35.4 Å². The van der Waals surface area contributed by atoms with E-state index in [1.165, 1.54) is 50.6 Å². The van der Waals surface area contributed by atoms with Crippen molar-refractivity contribution in [2.75, 3.05) is 21.0 Å². The third kappa shape index (κ3) is 3.37. The Bertz CT molecular complexity index is 945.